The molecule has 5 heteroatoms. The molecule has 0 radical (unpaired) electrons. The SMILES string of the molecule is Cc1ccccc1CN1CCN(Cc2nc(C(C)C)cs2)C[C@@H]1CCO. The Kier molecular flexibility index (Phi) is 6.81. The molecule has 0 saturated carbocycles. The molecule has 3 rings (SSSR count). The number of thiazole rings is 1. The Morgan fingerprint density at radius 1 is 1.23 bits per heavy atom. The van der Waals surface area contributed by atoms with E-state index in [1.165, 1.54) is 21.8 Å². The molecule has 1 aromatic heterocycles. The van der Waals surface area contributed by atoms with Gasteiger partial charge in [-0.2, -0.15) is 0 Å². The van der Waals surface area contributed by atoms with Gasteiger partial charge in [-0.1, -0.05) is 38.1 Å². The molecule has 1 fully saturated rings. The summed E-state index contributed by atoms with van der Waals surface area (Å²) in [6.45, 7) is 11.8. The van der Waals surface area contributed by atoms with Gasteiger partial charge in [-0.15, -0.1) is 11.3 Å². The summed E-state index contributed by atoms with van der Waals surface area (Å²) in [5, 5.41) is 12.9. The van der Waals surface area contributed by atoms with E-state index in [1.54, 1.807) is 11.3 Å². The van der Waals surface area contributed by atoms with Gasteiger partial charge >= 0.3 is 0 Å². The minimum Gasteiger partial charge on any atom is -0.396 e. The number of rotatable bonds is 7. The van der Waals surface area contributed by atoms with E-state index in [-0.39, 0.29) is 6.61 Å². The second-order valence-electron chi connectivity index (χ2n) is 7.62. The van der Waals surface area contributed by atoms with Crippen molar-refractivity contribution in [3.8, 4) is 0 Å². The first-order valence-corrected chi connectivity index (χ1v) is 10.5. The van der Waals surface area contributed by atoms with Gasteiger partial charge in [0.2, 0.25) is 0 Å². The highest BCUT2D eigenvalue weighted by atomic mass is 32.1. The zero-order valence-electron chi connectivity index (χ0n) is 16.2. The van der Waals surface area contributed by atoms with Gasteiger partial charge in [0.15, 0.2) is 0 Å². The number of aliphatic hydroxyl groups excluding tert-OH is 1. The van der Waals surface area contributed by atoms with Crippen LogP contribution in [0.2, 0.25) is 0 Å². The van der Waals surface area contributed by atoms with Crippen molar-refractivity contribution in [2.75, 3.05) is 26.2 Å². The van der Waals surface area contributed by atoms with Crippen LogP contribution in [0.3, 0.4) is 0 Å². The molecule has 26 heavy (non-hydrogen) atoms. The van der Waals surface area contributed by atoms with Crippen LogP contribution in [0.15, 0.2) is 29.6 Å². The normalized spacial score (nSPS) is 19.3. The molecule has 1 atom stereocenters. The van der Waals surface area contributed by atoms with Crippen molar-refractivity contribution in [1.29, 1.82) is 0 Å². The molecule has 2 heterocycles. The van der Waals surface area contributed by atoms with Crippen LogP contribution < -0.4 is 0 Å². The second-order valence-corrected chi connectivity index (χ2v) is 8.56. The zero-order chi connectivity index (χ0) is 18.5. The number of benzene rings is 1. The topological polar surface area (TPSA) is 39.6 Å². The van der Waals surface area contributed by atoms with Crippen molar-refractivity contribution in [3.05, 3.63) is 51.5 Å². The minimum absolute atomic E-state index is 0.248. The summed E-state index contributed by atoms with van der Waals surface area (Å²) >= 11 is 1.78. The third-order valence-electron chi connectivity index (χ3n) is 5.31. The lowest BCUT2D eigenvalue weighted by molar-refractivity contribution is 0.0498. The highest BCUT2D eigenvalue weighted by molar-refractivity contribution is 7.09. The molecule has 1 aliphatic rings. The van der Waals surface area contributed by atoms with E-state index < -0.39 is 0 Å². The molecule has 1 saturated heterocycles. The van der Waals surface area contributed by atoms with Crippen molar-refractivity contribution < 1.29 is 5.11 Å². The first kappa shape index (κ1) is 19.5. The summed E-state index contributed by atoms with van der Waals surface area (Å²) in [5.74, 6) is 0.494. The lowest BCUT2D eigenvalue weighted by Gasteiger charge is -2.41. The number of nitrogens with zero attached hydrogens (tertiary/aromatic N) is 3. The Morgan fingerprint density at radius 2 is 2.04 bits per heavy atom. The van der Waals surface area contributed by atoms with Gasteiger partial charge in [-0.25, -0.2) is 4.98 Å². The number of hydrogen-bond acceptors (Lipinski definition) is 5. The predicted octanol–water partition coefficient (Wildman–Crippen LogP) is 3.64. The first-order valence-electron chi connectivity index (χ1n) is 9.63. The van der Waals surface area contributed by atoms with Crippen molar-refractivity contribution in [2.24, 2.45) is 0 Å². The monoisotopic (exact) mass is 373 g/mol. The largest absolute Gasteiger partial charge is 0.396 e. The summed E-state index contributed by atoms with van der Waals surface area (Å²) in [6, 6.07) is 9.02. The maximum absolute atomic E-state index is 9.54. The maximum Gasteiger partial charge on any atom is 0.107 e. The van der Waals surface area contributed by atoms with E-state index in [9.17, 15) is 5.11 Å². The Hall–Kier alpha value is -1.27. The van der Waals surface area contributed by atoms with Crippen molar-refractivity contribution in [3.63, 3.8) is 0 Å². The van der Waals surface area contributed by atoms with E-state index in [2.05, 4.69) is 60.2 Å². The molecular formula is C21H31N3OS. The van der Waals surface area contributed by atoms with Crippen molar-refractivity contribution >= 4 is 11.3 Å². The van der Waals surface area contributed by atoms with Crippen LogP contribution in [-0.2, 0) is 13.1 Å². The van der Waals surface area contributed by atoms with Crippen LogP contribution >= 0.6 is 11.3 Å². The molecule has 0 unspecified atom stereocenters. The smallest absolute Gasteiger partial charge is 0.107 e. The molecule has 0 spiro atoms. The van der Waals surface area contributed by atoms with E-state index >= 15 is 0 Å². The fourth-order valence-electron chi connectivity index (χ4n) is 3.59. The van der Waals surface area contributed by atoms with Gasteiger partial charge in [-0.05, 0) is 30.4 Å². The van der Waals surface area contributed by atoms with Crippen LogP contribution in [0.1, 0.15) is 48.0 Å². The maximum atomic E-state index is 9.54. The van der Waals surface area contributed by atoms with Crippen molar-refractivity contribution in [1.82, 2.24) is 14.8 Å². The average Bonchev–Trinajstić information content (AvgIpc) is 3.08. The van der Waals surface area contributed by atoms with Gasteiger partial charge < -0.3 is 5.11 Å². The summed E-state index contributed by atoms with van der Waals surface area (Å²) in [4.78, 5) is 9.82. The van der Waals surface area contributed by atoms with E-state index in [0.717, 1.165) is 39.1 Å². The Balaban J connectivity index is 1.62. The molecule has 1 aromatic carbocycles. The van der Waals surface area contributed by atoms with Crippen molar-refractivity contribution in [2.45, 2.75) is 52.2 Å². The van der Waals surface area contributed by atoms with E-state index in [1.807, 2.05) is 0 Å². The average molecular weight is 374 g/mol. The zero-order valence-corrected chi connectivity index (χ0v) is 17.0. The highest BCUT2D eigenvalue weighted by Gasteiger charge is 2.27. The minimum atomic E-state index is 0.248. The fourth-order valence-corrected chi connectivity index (χ4v) is 4.59. The van der Waals surface area contributed by atoms with Crippen LogP contribution in [0, 0.1) is 6.92 Å². The summed E-state index contributed by atoms with van der Waals surface area (Å²) in [6.07, 6.45) is 0.831. The van der Waals surface area contributed by atoms with Gasteiger partial charge in [-0.3, -0.25) is 9.80 Å². The fraction of sp³-hybridized carbons (Fsp3) is 0.571. The van der Waals surface area contributed by atoms with E-state index in [0.29, 0.717) is 12.0 Å². The lowest BCUT2D eigenvalue weighted by Crippen LogP contribution is -2.52. The third-order valence-corrected chi connectivity index (χ3v) is 6.16. The van der Waals surface area contributed by atoms with Gasteiger partial charge in [0.1, 0.15) is 5.01 Å². The first-order chi connectivity index (χ1) is 12.6. The van der Waals surface area contributed by atoms with Crippen LogP contribution in [0.4, 0.5) is 0 Å². The summed E-state index contributed by atoms with van der Waals surface area (Å²) < 4.78 is 0. The molecule has 1 N–H and O–H groups in total. The summed E-state index contributed by atoms with van der Waals surface area (Å²) in [5.41, 5.74) is 3.95. The predicted molar refractivity (Wildman–Crippen MR) is 109 cm³/mol. The molecule has 0 aliphatic carbocycles. The number of piperazine rings is 1. The standard InChI is InChI=1S/C21H31N3OS/c1-16(2)20-15-26-21(22-20)14-23-9-10-24(19(13-23)8-11-25)12-18-7-5-4-6-17(18)3/h4-7,15-16,19,25H,8-14H2,1-3H3/t19-/m0/s1. The number of aliphatic hydroxyl groups is 1. The third kappa shape index (κ3) is 4.92. The molecule has 0 amide bonds. The number of aromatic nitrogens is 1. The molecular weight excluding hydrogens is 342 g/mol. The van der Waals surface area contributed by atoms with Gasteiger partial charge in [0, 0.05) is 44.2 Å². The van der Waals surface area contributed by atoms with Crippen LogP contribution in [0.5, 0.6) is 0 Å². The molecule has 4 nitrogen and oxygen atoms in total. The second kappa shape index (κ2) is 9.09. The molecule has 1 aliphatic heterocycles. The molecule has 2 aromatic rings. The van der Waals surface area contributed by atoms with Gasteiger partial charge in [0.25, 0.3) is 0 Å². The lowest BCUT2D eigenvalue weighted by atomic mass is 10.0. The quantitative estimate of drug-likeness (QED) is 0.804. The molecule has 142 valence electrons. The van der Waals surface area contributed by atoms with E-state index in [4.69, 9.17) is 4.98 Å². The summed E-state index contributed by atoms with van der Waals surface area (Å²) in [7, 11) is 0. The molecule has 0 bridgehead atoms. The van der Waals surface area contributed by atoms with Crippen LogP contribution in [0.25, 0.3) is 0 Å². The Morgan fingerprint density at radius 3 is 2.73 bits per heavy atom. The Bertz CT molecular complexity index is 700. The highest BCUT2D eigenvalue weighted by Crippen LogP contribution is 2.22. The Labute approximate surface area is 161 Å². The number of hydrogen-bond donors (Lipinski definition) is 1. The van der Waals surface area contributed by atoms with Crippen LogP contribution in [-0.4, -0.2) is 52.2 Å². The van der Waals surface area contributed by atoms with Gasteiger partial charge in [0.05, 0.1) is 12.2 Å². The number of aryl methyl sites for hydroxylation is 1.